The summed E-state index contributed by atoms with van der Waals surface area (Å²) in [7, 11) is 0. The van der Waals surface area contributed by atoms with Crippen molar-refractivity contribution in [2.45, 2.75) is 26.2 Å². The standard InChI is InChI=1S/C13H16N4O3/c1-8(2)10-5-11(17-16-10)12(18)20-4-3-9-6-14-13(19)15-7-9/h5-8H,3-4H2,1-2H3,(H,16,17)(H,14,15,19). The number of carbonyl (C=O) groups excluding carboxylic acids is 1. The number of esters is 1. The first-order chi connectivity index (χ1) is 9.56. The Hall–Kier alpha value is -2.44. The minimum absolute atomic E-state index is 0.205. The normalized spacial score (nSPS) is 10.8. The third-order valence-corrected chi connectivity index (χ3v) is 2.78. The molecule has 106 valence electrons. The Bertz CT molecular complexity index is 625. The number of ether oxygens (including phenoxy) is 1. The third kappa shape index (κ3) is 3.53. The lowest BCUT2D eigenvalue weighted by Crippen LogP contribution is -2.12. The Balaban J connectivity index is 1.85. The van der Waals surface area contributed by atoms with E-state index in [9.17, 15) is 9.59 Å². The molecule has 0 aliphatic heterocycles. The van der Waals surface area contributed by atoms with E-state index in [2.05, 4.69) is 20.2 Å². The van der Waals surface area contributed by atoms with Crippen LogP contribution >= 0.6 is 0 Å². The van der Waals surface area contributed by atoms with Gasteiger partial charge >= 0.3 is 11.7 Å². The average molecular weight is 276 g/mol. The zero-order chi connectivity index (χ0) is 14.5. The van der Waals surface area contributed by atoms with Crippen LogP contribution in [0.2, 0.25) is 0 Å². The van der Waals surface area contributed by atoms with E-state index in [0.717, 1.165) is 11.3 Å². The molecule has 0 aliphatic rings. The molecule has 0 saturated heterocycles. The highest BCUT2D eigenvalue weighted by Gasteiger charge is 2.13. The quantitative estimate of drug-likeness (QED) is 0.794. The summed E-state index contributed by atoms with van der Waals surface area (Å²) < 4.78 is 5.11. The van der Waals surface area contributed by atoms with Crippen molar-refractivity contribution in [2.24, 2.45) is 0 Å². The number of nitrogens with zero attached hydrogens (tertiary/aromatic N) is 2. The zero-order valence-electron chi connectivity index (χ0n) is 11.3. The second-order valence-corrected chi connectivity index (χ2v) is 4.68. The van der Waals surface area contributed by atoms with Crippen LogP contribution in [0.5, 0.6) is 0 Å². The van der Waals surface area contributed by atoms with Gasteiger partial charge in [-0.2, -0.15) is 5.10 Å². The molecule has 0 unspecified atom stereocenters. The van der Waals surface area contributed by atoms with Crippen molar-refractivity contribution in [1.29, 1.82) is 0 Å². The number of hydrogen-bond donors (Lipinski definition) is 2. The molecular weight excluding hydrogens is 260 g/mol. The van der Waals surface area contributed by atoms with Crippen molar-refractivity contribution >= 4 is 5.97 Å². The SMILES string of the molecule is CC(C)c1cc(C(=O)OCCc2cnc(=O)[nH]c2)n[nH]1. The molecule has 0 spiro atoms. The van der Waals surface area contributed by atoms with Gasteiger partial charge in [0, 0.05) is 24.5 Å². The molecule has 7 heteroatoms. The molecule has 0 radical (unpaired) electrons. The fourth-order valence-electron chi connectivity index (χ4n) is 1.58. The minimum Gasteiger partial charge on any atom is -0.461 e. The van der Waals surface area contributed by atoms with E-state index in [1.165, 1.54) is 6.20 Å². The molecule has 0 aliphatic carbocycles. The van der Waals surface area contributed by atoms with Gasteiger partial charge < -0.3 is 9.72 Å². The Kier molecular flexibility index (Phi) is 4.29. The predicted octanol–water partition coefficient (Wildman–Crippen LogP) is 1.02. The van der Waals surface area contributed by atoms with Gasteiger partial charge in [0.25, 0.3) is 0 Å². The lowest BCUT2D eigenvalue weighted by atomic mass is 10.1. The maximum absolute atomic E-state index is 11.7. The van der Waals surface area contributed by atoms with Crippen molar-refractivity contribution in [3.63, 3.8) is 0 Å². The van der Waals surface area contributed by atoms with Gasteiger partial charge in [-0.15, -0.1) is 0 Å². The molecule has 2 heterocycles. The van der Waals surface area contributed by atoms with Crippen LogP contribution in [0.3, 0.4) is 0 Å². The summed E-state index contributed by atoms with van der Waals surface area (Å²) >= 11 is 0. The minimum atomic E-state index is -0.467. The van der Waals surface area contributed by atoms with Crippen LogP contribution in [-0.4, -0.2) is 32.7 Å². The molecule has 0 fully saturated rings. The highest BCUT2D eigenvalue weighted by molar-refractivity contribution is 5.87. The van der Waals surface area contributed by atoms with Crippen molar-refractivity contribution in [2.75, 3.05) is 6.61 Å². The molecule has 7 nitrogen and oxygen atoms in total. The van der Waals surface area contributed by atoms with Gasteiger partial charge in [0.05, 0.1) is 6.61 Å². The van der Waals surface area contributed by atoms with E-state index in [1.54, 1.807) is 12.3 Å². The molecule has 2 rings (SSSR count). The van der Waals surface area contributed by atoms with Gasteiger partial charge in [-0.05, 0) is 17.5 Å². The molecule has 0 atom stereocenters. The van der Waals surface area contributed by atoms with E-state index in [-0.39, 0.29) is 18.2 Å². The number of carbonyl (C=O) groups is 1. The Morgan fingerprint density at radius 1 is 1.45 bits per heavy atom. The number of aromatic nitrogens is 4. The third-order valence-electron chi connectivity index (χ3n) is 2.78. The number of aromatic amines is 2. The van der Waals surface area contributed by atoms with E-state index < -0.39 is 11.7 Å². The van der Waals surface area contributed by atoms with Crippen LogP contribution in [0.15, 0.2) is 23.3 Å². The first kappa shape index (κ1) is 14.0. The second kappa shape index (κ2) is 6.14. The summed E-state index contributed by atoms with van der Waals surface area (Å²) in [4.78, 5) is 28.6. The maximum Gasteiger partial charge on any atom is 0.358 e. The van der Waals surface area contributed by atoms with Crippen LogP contribution in [0.25, 0.3) is 0 Å². The Labute approximate surface area is 115 Å². The molecule has 20 heavy (non-hydrogen) atoms. The van der Waals surface area contributed by atoms with Gasteiger partial charge in [-0.25, -0.2) is 14.6 Å². The lowest BCUT2D eigenvalue weighted by molar-refractivity contribution is 0.0502. The molecule has 2 aromatic heterocycles. The van der Waals surface area contributed by atoms with Gasteiger partial charge in [-0.3, -0.25) is 5.10 Å². The average Bonchev–Trinajstić information content (AvgIpc) is 2.91. The van der Waals surface area contributed by atoms with Crippen LogP contribution in [0.1, 0.15) is 41.5 Å². The predicted molar refractivity (Wildman–Crippen MR) is 71.5 cm³/mol. The summed E-state index contributed by atoms with van der Waals surface area (Å²) in [5.41, 5.74) is 1.56. The fourth-order valence-corrected chi connectivity index (χ4v) is 1.58. The highest BCUT2D eigenvalue weighted by Crippen LogP contribution is 2.12. The largest absolute Gasteiger partial charge is 0.461 e. The van der Waals surface area contributed by atoms with Gasteiger partial charge in [0.2, 0.25) is 0 Å². The summed E-state index contributed by atoms with van der Waals surface area (Å²) in [5.74, 6) is -0.193. The van der Waals surface area contributed by atoms with Crippen LogP contribution < -0.4 is 5.69 Å². The van der Waals surface area contributed by atoms with E-state index >= 15 is 0 Å². The lowest BCUT2D eigenvalue weighted by Gasteiger charge is -2.02. The number of hydrogen-bond acceptors (Lipinski definition) is 5. The number of rotatable bonds is 5. The molecule has 0 saturated carbocycles. The maximum atomic E-state index is 11.7. The first-order valence-corrected chi connectivity index (χ1v) is 6.32. The van der Waals surface area contributed by atoms with Gasteiger partial charge in [-0.1, -0.05) is 13.8 Å². The molecule has 2 aromatic rings. The monoisotopic (exact) mass is 276 g/mol. The fraction of sp³-hybridized carbons (Fsp3) is 0.385. The van der Waals surface area contributed by atoms with Crippen molar-refractivity contribution < 1.29 is 9.53 Å². The van der Waals surface area contributed by atoms with Crippen LogP contribution in [0.4, 0.5) is 0 Å². The molecular formula is C13H16N4O3. The smallest absolute Gasteiger partial charge is 0.358 e. The van der Waals surface area contributed by atoms with Crippen molar-refractivity contribution in [1.82, 2.24) is 20.2 Å². The van der Waals surface area contributed by atoms with Crippen LogP contribution in [0, 0.1) is 0 Å². The second-order valence-electron chi connectivity index (χ2n) is 4.68. The first-order valence-electron chi connectivity index (χ1n) is 6.32. The highest BCUT2D eigenvalue weighted by atomic mass is 16.5. The van der Waals surface area contributed by atoms with Crippen LogP contribution in [-0.2, 0) is 11.2 Å². The van der Waals surface area contributed by atoms with Crippen molar-refractivity contribution in [3.05, 3.63) is 45.9 Å². The molecule has 0 amide bonds. The van der Waals surface area contributed by atoms with E-state index in [4.69, 9.17) is 4.74 Å². The topological polar surface area (TPSA) is 101 Å². The van der Waals surface area contributed by atoms with Gasteiger partial charge in [0.15, 0.2) is 5.69 Å². The zero-order valence-corrected chi connectivity index (χ0v) is 11.3. The summed E-state index contributed by atoms with van der Waals surface area (Å²) in [6, 6.07) is 1.69. The molecule has 0 bridgehead atoms. The molecule has 0 aromatic carbocycles. The Morgan fingerprint density at radius 3 is 2.85 bits per heavy atom. The summed E-state index contributed by atoms with van der Waals surface area (Å²) in [6.45, 7) is 4.22. The van der Waals surface area contributed by atoms with E-state index in [1.807, 2.05) is 13.8 Å². The molecule has 2 N–H and O–H groups in total. The summed E-state index contributed by atoms with van der Waals surface area (Å²) in [5, 5.41) is 6.72. The Morgan fingerprint density at radius 2 is 2.25 bits per heavy atom. The number of H-pyrrole nitrogens is 2. The number of nitrogens with one attached hydrogen (secondary N) is 2. The van der Waals surface area contributed by atoms with Crippen molar-refractivity contribution in [3.8, 4) is 0 Å². The van der Waals surface area contributed by atoms with Gasteiger partial charge in [0.1, 0.15) is 0 Å². The van der Waals surface area contributed by atoms with E-state index in [0.29, 0.717) is 6.42 Å². The summed E-state index contributed by atoms with van der Waals surface area (Å²) in [6.07, 6.45) is 3.49.